The molecule has 4 nitrogen and oxygen atoms in total. The van der Waals surface area contributed by atoms with Crippen molar-refractivity contribution in [1.82, 2.24) is 9.97 Å². The third-order valence-corrected chi connectivity index (χ3v) is 2.42. The molecular weight excluding hydrogens is 269 g/mol. The molecule has 0 aliphatic carbocycles. The summed E-state index contributed by atoms with van der Waals surface area (Å²) >= 11 is 2.13. The highest BCUT2D eigenvalue weighted by Gasteiger charge is 2.12. The molecule has 0 aliphatic rings. The SMILES string of the molecule is NCC(CO)c1ncncc1I. The Bertz CT molecular complexity index is 252. The van der Waals surface area contributed by atoms with Crippen LogP contribution >= 0.6 is 22.6 Å². The number of nitrogens with zero attached hydrogens (tertiary/aromatic N) is 2. The van der Waals surface area contributed by atoms with Gasteiger partial charge in [-0.1, -0.05) is 0 Å². The Labute approximate surface area is 84.4 Å². The first-order valence-corrected chi connectivity index (χ1v) is 4.63. The van der Waals surface area contributed by atoms with Crippen LogP contribution in [0.15, 0.2) is 12.5 Å². The summed E-state index contributed by atoms with van der Waals surface area (Å²) in [6.07, 6.45) is 3.18. The number of nitrogens with two attached hydrogens (primary N) is 1. The number of aromatic nitrogens is 2. The summed E-state index contributed by atoms with van der Waals surface area (Å²) in [7, 11) is 0. The van der Waals surface area contributed by atoms with E-state index in [0.717, 1.165) is 9.26 Å². The third kappa shape index (κ3) is 2.11. The maximum atomic E-state index is 8.96. The van der Waals surface area contributed by atoms with Gasteiger partial charge in [0.25, 0.3) is 0 Å². The van der Waals surface area contributed by atoms with Crippen molar-refractivity contribution >= 4 is 22.6 Å². The zero-order valence-corrected chi connectivity index (χ0v) is 8.60. The van der Waals surface area contributed by atoms with E-state index in [4.69, 9.17) is 10.8 Å². The molecule has 3 N–H and O–H groups in total. The zero-order chi connectivity index (χ0) is 8.97. The van der Waals surface area contributed by atoms with Crippen LogP contribution in [0.4, 0.5) is 0 Å². The fourth-order valence-electron chi connectivity index (χ4n) is 0.895. The quantitative estimate of drug-likeness (QED) is 0.771. The topological polar surface area (TPSA) is 72.0 Å². The van der Waals surface area contributed by atoms with E-state index in [1.165, 1.54) is 6.33 Å². The molecule has 1 unspecified atom stereocenters. The molecule has 0 fully saturated rings. The summed E-state index contributed by atoms with van der Waals surface area (Å²) in [5.41, 5.74) is 6.29. The number of hydrogen-bond donors (Lipinski definition) is 2. The van der Waals surface area contributed by atoms with Gasteiger partial charge in [0.2, 0.25) is 0 Å². The van der Waals surface area contributed by atoms with E-state index >= 15 is 0 Å². The summed E-state index contributed by atoms with van der Waals surface area (Å²) in [6, 6.07) is 0. The summed E-state index contributed by atoms with van der Waals surface area (Å²) in [5, 5.41) is 8.96. The highest BCUT2D eigenvalue weighted by atomic mass is 127. The lowest BCUT2D eigenvalue weighted by Gasteiger charge is -2.11. The van der Waals surface area contributed by atoms with Crippen molar-refractivity contribution in [3.05, 3.63) is 21.8 Å². The minimum atomic E-state index is -0.0695. The van der Waals surface area contributed by atoms with Gasteiger partial charge in [-0.15, -0.1) is 0 Å². The van der Waals surface area contributed by atoms with Crippen LogP contribution in [0.2, 0.25) is 0 Å². The van der Waals surface area contributed by atoms with E-state index in [1.54, 1.807) is 6.20 Å². The number of hydrogen-bond acceptors (Lipinski definition) is 4. The molecule has 1 aromatic heterocycles. The highest BCUT2D eigenvalue weighted by molar-refractivity contribution is 14.1. The maximum Gasteiger partial charge on any atom is 0.115 e. The number of aliphatic hydroxyl groups excluding tert-OH is 1. The average molecular weight is 279 g/mol. The highest BCUT2D eigenvalue weighted by Crippen LogP contribution is 2.16. The van der Waals surface area contributed by atoms with Crippen LogP contribution in [0.1, 0.15) is 11.6 Å². The first-order chi connectivity index (χ1) is 5.79. The van der Waals surface area contributed by atoms with Crippen LogP contribution in [-0.2, 0) is 0 Å². The van der Waals surface area contributed by atoms with E-state index in [2.05, 4.69) is 32.6 Å². The lowest BCUT2D eigenvalue weighted by Crippen LogP contribution is -2.18. The second kappa shape index (κ2) is 4.68. The van der Waals surface area contributed by atoms with Gasteiger partial charge in [0, 0.05) is 18.7 Å². The Morgan fingerprint density at radius 1 is 1.67 bits per heavy atom. The van der Waals surface area contributed by atoms with Crippen LogP contribution in [0, 0.1) is 3.57 Å². The van der Waals surface area contributed by atoms with Gasteiger partial charge in [0.05, 0.1) is 15.9 Å². The molecule has 1 heterocycles. The molecule has 0 saturated carbocycles. The molecule has 12 heavy (non-hydrogen) atoms. The molecule has 5 heteroatoms. The molecule has 66 valence electrons. The van der Waals surface area contributed by atoms with Gasteiger partial charge in [0.15, 0.2) is 0 Å². The Kier molecular flexibility index (Phi) is 3.83. The normalized spacial score (nSPS) is 12.9. The molecule has 1 aromatic rings. The first-order valence-electron chi connectivity index (χ1n) is 3.56. The van der Waals surface area contributed by atoms with Crippen molar-refractivity contribution < 1.29 is 5.11 Å². The van der Waals surface area contributed by atoms with Crippen molar-refractivity contribution in [2.45, 2.75) is 5.92 Å². The number of halogens is 1. The molecule has 0 radical (unpaired) electrons. The van der Waals surface area contributed by atoms with E-state index in [0.29, 0.717) is 6.54 Å². The van der Waals surface area contributed by atoms with Gasteiger partial charge in [-0.3, -0.25) is 0 Å². The monoisotopic (exact) mass is 279 g/mol. The van der Waals surface area contributed by atoms with Gasteiger partial charge in [-0.2, -0.15) is 0 Å². The maximum absolute atomic E-state index is 8.96. The van der Waals surface area contributed by atoms with E-state index in [1.807, 2.05) is 0 Å². The second-order valence-corrected chi connectivity index (χ2v) is 3.53. The fraction of sp³-hybridized carbons (Fsp3) is 0.429. The van der Waals surface area contributed by atoms with Crippen LogP contribution in [0.5, 0.6) is 0 Å². The summed E-state index contributed by atoms with van der Waals surface area (Å²) in [5.74, 6) is -0.0695. The minimum Gasteiger partial charge on any atom is -0.396 e. The van der Waals surface area contributed by atoms with E-state index in [-0.39, 0.29) is 12.5 Å². The summed E-state index contributed by atoms with van der Waals surface area (Å²) < 4.78 is 0.944. The van der Waals surface area contributed by atoms with Crippen molar-refractivity contribution in [3.8, 4) is 0 Å². The largest absolute Gasteiger partial charge is 0.396 e. The molecule has 0 aromatic carbocycles. The van der Waals surface area contributed by atoms with Crippen molar-refractivity contribution in [2.75, 3.05) is 13.2 Å². The Morgan fingerprint density at radius 3 is 2.92 bits per heavy atom. The van der Waals surface area contributed by atoms with Crippen molar-refractivity contribution in [2.24, 2.45) is 5.73 Å². The molecule has 0 bridgehead atoms. The Hall–Kier alpha value is -0.270. The molecule has 0 aliphatic heterocycles. The Balaban J connectivity index is 2.92. The predicted molar refractivity (Wildman–Crippen MR) is 53.6 cm³/mol. The van der Waals surface area contributed by atoms with E-state index < -0.39 is 0 Å². The molecule has 1 rings (SSSR count). The second-order valence-electron chi connectivity index (χ2n) is 2.37. The Morgan fingerprint density at radius 2 is 2.42 bits per heavy atom. The van der Waals surface area contributed by atoms with Gasteiger partial charge in [-0.25, -0.2) is 9.97 Å². The molecule has 0 amide bonds. The van der Waals surface area contributed by atoms with Crippen LogP contribution < -0.4 is 5.73 Å². The lowest BCUT2D eigenvalue weighted by molar-refractivity contribution is 0.265. The van der Waals surface area contributed by atoms with Crippen LogP contribution in [-0.4, -0.2) is 28.2 Å². The molecule has 0 spiro atoms. The smallest absolute Gasteiger partial charge is 0.115 e. The van der Waals surface area contributed by atoms with Gasteiger partial charge < -0.3 is 10.8 Å². The fourth-order valence-corrected chi connectivity index (χ4v) is 1.64. The standard InChI is InChI=1S/C7H10IN3O/c8-6-2-10-4-11-7(6)5(1-9)3-12/h2,4-5,12H,1,3,9H2. The predicted octanol–water partition coefficient (Wildman–Crippen LogP) is 0.116. The molecule has 0 saturated heterocycles. The zero-order valence-electron chi connectivity index (χ0n) is 6.44. The van der Waals surface area contributed by atoms with Crippen LogP contribution in [0.25, 0.3) is 0 Å². The minimum absolute atomic E-state index is 0.0313. The van der Waals surface area contributed by atoms with Crippen molar-refractivity contribution in [3.63, 3.8) is 0 Å². The number of aliphatic hydroxyl groups is 1. The molecule has 1 atom stereocenters. The first kappa shape index (κ1) is 9.82. The summed E-state index contributed by atoms with van der Waals surface area (Å²) in [6.45, 7) is 0.438. The molecular formula is C7H10IN3O. The lowest BCUT2D eigenvalue weighted by atomic mass is 10.1. The van der Waals surface area contributed by atoms with Gasteiger partial charge in [0.1, 0.15) is 6.33 Å². The summed E-state index contributed by atoms with van der Waals surface area (Å²) in [4.78, 5) is 7.92. The van der Waals surface area contributed by atoms with Gasteiger partial charge >= 0.3 is 0 Å². The van der Waals surface area contributed by atoms with E-state index in [9.17, 15) is 0 Å². The third-order valence-electron chi connectivity index (χ3n) is 1.59. The average Bonchev–Trinajstić information content (AvgIpc) is 2.10. The number of rotatable bonds is 3. The van der Waals surface area contributed by atoms with Crippen molar-refractivity contribution in [1.29, 1.82) is 0 Å². The van der Waals surface area contributed by atoms with Gasteiger partial charge in [-0.05, 0) is 22.6 Å². The van der Waals surface area contributed by atoms with Crippen LogP contribution in [0.3, 0.4) is 0 Å².